The van der Waals surface area contributed by atoms with E-state index >= 15 is 0 Å². The van der Waals surface area contributed by atoms with Gasteiger partial charge < -0.3 is 14.7 Å². The van der Waals surface area contributed by atoms with Crippen LogP contribution in [-0.4, -0.2) is 54.6 Å². The van der Waals surface area contributed by atoms with E-state index in [-0.39, 0.29) is 12.5 Å². The zero-order valence-electron chi connectivity index (χ0n) is 18.4. The summed E-state index contributed by atoms with van der Waals surface area (Å²) in [7, 11) is 3.64. The fraction of sp³-hybridized carbons (Fsp3) is 0.400. The maximum absolute atomic E-state index is 12.9. The van der Waals surface area contributed by atoms with E-state index in [0.29, 0.717) is 12.5 Å². The third-order valence-corrected chi connectivity index (χ3v) is 7.09. The van der Waals surface area contributed by atoms with Crippen molar-refractivity contribution >= 4 is 27.3 Å². The summed E-state index contributed by atoms with van der Waals surface area (Å²) in [5.41, 5.74) is 3.22. The van der Waals surface area contributed by atoms with Crippen LogP contribution in [0.2, 0.25) is 0 Å². The Morgan fingerprint density at radius 1 is 1.26 bits per heavy atom. The second-order valence-electron chi connectivity index (χ2n) is 8.29. The molecule has 2 aromatic carbocycles. The van der Waals surface area contributed by atoms with E-state index in [9.17, 15) is 9.90 Å². The molecule has 1 fully saturated rings. The topological polar surface area (TPSA) is 53.0 Å². The zero-order valence-corrected chi connectivity index (χ0v) is 19.2. The van der Waals surface area contributed by atoms with Gasteiger partial charge in [0, 0.05) is 43.4 Å². The van der Waals surface area contributed by atoms with Crippen LogP contribution in [0.3, 0.4) is 0 Å². The van der Waals surface area contributed by atoms with Crippen LogP contribution in [0.25, 0.3) is 10.1 Å². The molecule has 164 valence electrons. The molecular formula is C25H30N2O3S. The Bertz CT molecular complexity index is 1080. The quantitative estimate of drug-likeness (QED) is 0.591. The van der Waals surface area contributed by atoms with Crippen LogP contribution in [0.5, 0.6) is 5.75 Å². The van der Waals surface area contributed by atoms with Gasteiger partial charge in [0.25, 0.3) is 5.91 Å². The standard InChI is InChI=1S/C25H30N2O3S/c1-4-30-21-10-9-17(13-19(21)16-28)14-27-12-11-18(15-27)23-20-7-5-6-8-22(20)31-24(23)25(29)26(2)3/h5-10,13,18,28H,4,11-12,14-16H2,1-3H3. The molecule has 3 aromatic rings. The minimum absolute atomic E-state index is 0.0251. The Morgan fingerprint density at radius 3 is 2.81 bits per heavy atom. The molecule has 1 aromatic heterocycles. The first-order valence-electron chi connectivity index (χ1n) is 10.8. The summed E-state index contributed by atoms with van der Waals surface area (Å²) in [6.45, 7) is 5.26. The normalized spacial score (nSPS) is 16.7. The SMILES string of the molecule is CCOc1ccc(CN2CCC(c3c(C(=O)N(C)C)sc4ccccc34)C2)cc1CO. The zero-order chi connectivity index (χ0) is 22.0. The lowest BCUT2D eigenvalue weighted by Crippen LogP contribution is -2.23. The van der Waals surface area contributed by atoms with Gasteiger partial charge in [0.05, 0.1) is 18.1 Å². The lowest BCUT2D eigenvalue weighted by Gasteiger charge is -2.18. The fourth-order valence-electron chi connectivity index (χ4n) is 4.45. The number of carbonyl (C=O) groups excluding carboxylic acids is 1. The minimum atomic E-state index is -0.0251. The molecule has 1 aliphatic heterocycles. The lowest BCUT2D eigenvalue weighted by atomic mass is 9.95. The minimum Gasteiger partial charge on any atom is -0.494 e. The van der Waals surface area contributed by atoms with Gasteiger partial charge in [0.1, 0.15) is 5.75 Å². The van der Waals surface area contributed by atoms with Crippen molar-refractivity contribution in [1.82, 2.24) is 9.80 Å². The number of likely N-dealkylation sites (tertiary alicyclic amines) is 1. The van der Waals surface area contributed by atoms with Crippen molar-refractivity contribution in [2.75, 3.05) is 33.8 Å². The molecule has 0 bridgehead atoms. The highest BCUT2D eigenvalue weighted by Crippen LogP contribution is 2.40. The molecule has 0 saturated carbocycles. The molecule has 1 saturated heterocycles. The first kappa shape index (κ1) is 21.8. The summed E-state index contributed by atoms with van der Waals surface area (Å²) in [6.07, 6.45) is 1.04. The molecule has 5 nitrogen and oxygen atoms in total. The van der Waals surface area contributed by atoms with Gasteiger partial charge in [-0.15, -0.1) is 11.3 Å². The molecule has 4 rings (SSSR count). The molecule has 0 radical (unpaired) electrons. The molecule has 1 N–H and O–H groups in total. The average Bonchev–Trinajstić information content (AvgIpc) is 3.38. The second-order valence-corrected chi connectivity index (χ2v) is 9.35. The van der Waals surface area contributed by atoms with Gasteiger partial charge in [-0.1, -0.05) is 24.3 Å². The smallest absolute Gasteiger partial charge is 0.263 e. The van der Waals surface area contributed by atoms with Gasteiger partial charge in [-0.3, -0.25) is 9.69 Å². The Balaban J connectivity index is 1.56. The second kappa shape index (κ2) is 9.39. The van der Waals surface area contributed by atoms with Crippen molar-refractivity contribution < 1.29 is 14.6 Å². The Labute approximate surface area is 187 Å². The number of nitrogens with zero attached hydrogens (tertiary/aromatic N) is 2. The number of hydrogen-bond acceptors (Lipinski definition) is 5. The number of thiophene rings is 1. The number of amides is 1. The van der Waals surface area contributed by atoms with E-state index in [4.69, 9.17) is 4.74 Å². The number of aliphatic hydroxyl groups is 1. The van der Waals surface area contributed by atoms with E-state index in [0.717, 1.165) is 42.2 Å². The van der Waals surface area contributed by atoms with Crippen LogP contribution < -0.4 is 4.74 Å². The molecule has 1 atom stereocenters. The van der Waals surface area contributed by atoms with Crippen molar-refractivity contribution in [3.63, 3.8) is 0 Å². The van der Waals surface area contributed by atoms with Crippen LogP contribution in [0.4, 0.5) is 0 Å². The summed E-state index contributed by atoms with van der Waals surface area (Å²) in [6, 6.07) is 14.4. The third kappa shape index (κ3) is 4.47. The van der Waals surface area contributed by atoms with Gasteiger partial charge >= 0.3 is 0 Å². The Morgan fingerprint density at radius 2 is 2.06 bits per heavy atom. The number of fused-ring (bicyclic) bond motifs is 1. The van der Waals surface area contributed by atoms with Crippen molar-refractivity contribution in [2.24, 2.45) is 0 Å². The van der Waals surface area contributed by atoms with E-state index in [1.54, 1.807) is 16.2 Å². The highest BCUT2D eigenvalue weighted by atomic mass is 32.1. The lowest BCUT2D eigenvalue weighted by molar-refractivity contribution is 0.0831. The summed E-state index contributed by atoms with van der Waals surface area (Å²) in [4.78, 5) is 17.9. The summed E-state index contributed by atoms with van der Waals surface area (Å²) < 4.78 is 6.79. The van der Waals surface area contributed by atoms with Crippen molar-refractivity contribution in [2.45, 2.75) is 32.4 Å². The molecule has 0 aliphatic carbocycles. The van der Waals surface area contributed by atoms with Crippen molar-refractivity contribution in [1.29, 1.82) is 0 Å². The molecule has 1 unspecified atom stereocenters. The number of rotatable bonds is 7. The Hall–Kier alpha value is -2.41. The van der Waals surface area contributed by atoms with Crippen LogP contribution in [0, 0.1) is 0 Å². The maximum Gasteiger partial charge on any atom is 0.263 e. The highest BCUT2D eigenvalue weighted by Gasteiger charge is 2.31. The molecule has 2 heterocycles. The monoisotopic (exact) mass is 438 g/mol. The van der Waals surface area contributed by atoms with Crippen LogP contribution >= 0.6 is 11.3 Å². The molecule has 1 amide bonds. The third-order valence-electron chi connectivity index (χ3n) is 5.92. The van der Waals surface area contributed by atoms with E-state index in [1.807, 2.05) is 39.2 Å². The summed E-state index contributed by atoms with van der Waals surface area (Å²) in [5.74, 6) is 1.19. The van der Waals surface area contributed by atoms with Crippen LogP contribution in [0.1, 0.15) is 45.6 Å². The van der Waals surface area contributed by atoms with Gasteiger partial charge in [-0.05, 0) is 54.6 Å². The van der Waals surface area contributed by atoms with Crippen LogP contribution in [-0.2, 0) is 13.2 Å². The molecular weight excluding hydrogens is 408 g/mol. The average molecular weight is 439 g/mol. The predicted octanol–water partition coefficient (Wildman–Crippen LogP) is 4.48. The largest absolute Gasteiger partial charge is 0.494 e. The fourth-order valence-corrected chi connectivity index (χ4v) is 5.76. The predicted molar refractivity (Wildman–Crippen MR) is 126 cm³/mol. The molecule has 1 aliphatic rings. The van der Waals surface area contributed by atoms with E-state index in [1.165, 1.54) is 21.2 Å². The van der Waals surface area contributed by atoms with E-state index in [2.05, 4.69) is 29.2 Å². The van der Waals surface area contributed by atoms with Gasteiger partial charge in [-0.2, -0.15) is 0 Å². The number of ether oxygens (including phenoxy) is 1. The van der Waals surface area contributed by atoms with Gasteiger partial charge in [0.15, 0.2) is 0 Å². The van der Waals surface area contributed by atoms with Crippen molar-refractivity contribution in [3.8, 4) is 5.75 Å². The van der Waals surface area contributed by atoms with Gasteiger partial charge in [0.2, 0.25) is 0 Å². The first-order chi connectivity index (χ1) is 15.0. The van der Waals surface area contributed by atoms with Gasteiger partial charge in [-0.25, -0.2) is 0 Å². The number of hydrogen-bond donors (Lipinski definition) is 1. The number of aliphatic hydroxyl groups excluding tert-OH is 1. The van der Waals surface area contributed by atoms with E-state index < -0.39 is 0 Å². The number of carbonyl (C=O) groups is 1. The maximum atomic E-state index is 12.9. The first-order valence-corrected chi connectivity index (χ1v) is 11.6. The Kier molecular flexibility index (Phi) is 6.60. The number of benzene rings is 2. The summed E-state index contributed by atoms with van der Waals surface area (Å²) in [5, 5.41) is 10.9. The van der Waals surface area contributed by atoms with Crippen molar-refractivity contribution in [3.05, 3.63) is 64.0 Å². The highest BCUT2D eigenvalue weighted by molar-refractivity contribution is 7.21. The molecule has 31 heavy (non-hydrogen) atoms. The molecule has 0 spiro atoms. The van der Waals surface area contributed by atoms with Crippen LogP contribution in [0.15, 0.2) is 42.5 Å². The molecule has 6 heteroatoms. The summed E-state index contributed by atoms with van der Waals surface area (Å²) >= 11 is 1.61.